The molecular weight excluding hydrogens is 392 g/mol. The highest BCUT2D eigenvalue weighted by atomic mass is 16.4. The van der Waals surface area contributed by atoms with E-state index in [1.54, 1.807) is 6.92 Å². The number of carbonyl (C=O) groups excluding carboxylic acids is 3. The fraction of sp³-hybridized carbons (Fsp3) is 0.846. The molecule has 31 heavy (non-hydrogen) atoms. The zero-order chi connectivity index (χ0) is 23.3. The Hall–Kier alpha value is -1.52. The van der Waals surface area contributed by atoms with Gasteiger partial charge in [-0.3, -0.25) is 9.59 Å². The molecule has 0 unspecified atom stereocenters. The Bertz CT molecular complexity index is 512. The first-order chi connectivity index (χ1) is 14.8. The predicted molar refractivity (Wildman–Crippen MR) is 125 cm³/mol. The van der Waals surface area contributed by atoms with E-state index in [0.717, 1.165) is 32.1 Å². The summed E-state index contributed by atoms with van der Waals surface area (Å²) in [5, 5.41) is 9.18. The van der Waals surface area contributed by atoms with Crippen LogP contribution in [-0.2, 0) is 19.2 Å². The highest BCUT2D eigenvalue weighted by Crippen LogP contribution is 2.17. The molecule has 0 aliphatic carbocycles. The first-order valence-electron chi connectivity index (χ1n) is 12.6. The molecule has 0 aromatic carbocycles. The van der Waals surface area contributed by atoms with Crippen LogP contribution in [0, 0.1) is 5.92 Å². The lowest BCUT2D eigenvalue weighted by Gasteiger charge is -2.10. The SMILES string of the molecule is CC(=O)CCCCCCCCCCCCCCCCC(=O)C[C@@H](CCC(C)=O)C(=O)O. The monoisotopic (exact) mass is 438 g/mol. The van der Waals surface area contributed by atoms with Crippen LogP contribution in [-0.4, -0.2) is 28.4 Å². The predicted octanol–water partition coefficient (Wildman–Crippen LogP) is 6.85. The highest BCUT2D eigenvalue weighted by molar-refractivity contribution is 5.84. The molecule has 0 saturated carbocycles. The van der Waals surface area contributed by atoms with Gasteiger partial charge in [0.05, 0.1) is 5.92 Å². The van der Waals surface area contributed by atoms with E-state index in [1.807, 2.05) is 0 Å². The summed E-state index contributed by atoms with van der Waals surface area (Å²) in [7, 11) is 0. The van der Waals surface area contributed by atoms with Crippen molar-refractivity contribution in [3.8, 4) is 0 Å². The van der Waals surface area contributed by atoms with Crippen LogP contribution in [0.2, 0.25) is 0 Å². The van der Waals surface area contributed by atoms with Crippen LogP contribution < -0.4 is 0 Å². The van der Waals surface area contributed by atoms with E-state index in [0.29, 0.717) is 12.2 Å². The normalized spacial score (nSPS) is 11.9. The van der Waals surface area contributed by atoms with Crippen molar-refractivity contribution < 1.29 is 24.3 Å². The molecule has 0 aromatic heterocycles. The molecule has 0 aromatic rings. The van der Waals surface area contributed by atoms with Gasteiger partial charge >= 0.3 is 5.97 Å². The van der Waals surface area contributed by atoms with E-state index in [2.05, 4.69) is 0 Å². The number of unbranched alkanes of at least 4 members (excludes halogenated alkanes) is 13. The lowest BCUT2D eigenvalue weighted by Crippen LogP contribution is -2.18. The van der Waals surface area contributed by atoms with Crippen molar-refractivity contribution in [1.82, 2.24) is 0 Å². The van der Waals surface area contributed by atoms with Gasteiger partial charge in [0, 0.05) is 25.7 Å². The molecular formula is C26H46O5. The van der Waals surface area contributed by atoms with Crippen LogP contribution in [0.1, 0.15) is 136 Å². The summed E-state index contributed by atoms with van der Waals surface area (Å²) in [5.41, 5.74) is 0. The fourth-order valence-electron chi connectivity index (χ4n) is 3.88. The summed E-state index contributed by atoms with van der Waals surface area (Å²) in [6.45, 7) is 3.11. The Morgan fingerprint density at radius 2 is 0.903 bits per heavy atom. The van der Waals surface area contributed by atoms with Gasteiger partial charge in [0.25, 0.3) is 0 Å². The van der Waals surface area contributed by atoms with Crippen molar-refractivity contribution in [3.05, 3.63) is 0 Å². The number of ketones is 3. The number of carboxylic acid groups (broad SMARTS) is 1. The molecule has 5 nitrogen and oxygen atoms in total. The first-order valence-corrected chi connectivity index (χ1v) is 12.6. The summed E-state index contributed by atoms with van der Waals surface area (Å²) >= 11 is 0. The van der Waals surface area contributed by atoms with Crippen LogP contribution in [0.4, 0.5) is 0 Å². The molecule has 1 N–H and O–H groups in total. The summed E-state index contributed by atoms with van der Waals surface area (Å²) < 4.78 is 0. The van der Waals surface area contributed by atoms with Gasteiger partial charge in [0.1, 0.15) is 17.3 Å². The third-order valence-corrected chi connectivity index (χ3v) is 5.90. The van der Waals surface area contributed by atoms with Gasteiger partial charge in [-0.1, -0.05) is 77.0 Å². The maximum Gasteiger partial charge on any atom is 0.306 e. The molecule has 0 aliphatic rings. The van der Waals surface area contributed by atoms with Crippen molar-refractivity contribution in [2.75, 3.05) is 0 Å². The molecule has 0 rings (SSSR count). The number of hydrogen-bond donors (Lipinski definition) is 1. The highest BCUT2D eigenvalue weighted by Gasteiger charge is 2.21. The van der Waals surface area contributed by atoms with Crippen molar-refractivity contribution in [2.45, 2.75) is 136 Å². The smallest absolute Gasteiger partial charge is 0.306 e. The Labute approximate surface area is 189 Å². The second-order valence-corrected chi connectivity index (χ2v) is 9.17. The molecule has 0 amide bonds. The quantitative estimate of drug-likeness (QED) is 0.176. The maximum absolute atomic E-state index is 12.0. The minimum Gasteiger partial charge on any atom is -0.481 e. The topological polar surface area (TPSA) is 88.5 Å². The Balaban J connectivity index is 3.43. The largest absolute Gasteiger partial charge is 0.481 e. The fourth-order valence-corrected chi connectivity index (χ4v) is 3.88. The number of hydrogen-bond acceptors (Lipinski definition) is 4. The molecule has 0 heterocycles. The van der Waals surface area contributed by atoms with Crippen molar-refractivity contribution >= 4 is 23.3 Å². The summed E-state index contributed by atoms with van der Waals surface area (Å²) in [6.07, 6.45) is 18.5. The summed E-state index contributed by atoms with van der Waals surface area (Å²) in [6, 6.07) is 0. The lowest BCUT2D eigenvalue weighted by molar-refractivity contribution is -0.144. The van der Waals surface area contributed by atoms with Crippen LogP contribution in [0.25, 0.3) is 0 Å². The van der Waals surface area contributed by atoms with E-state index in [4.69, 9.17) is 0 Å². The van der Waals surface area contributed by atoms with Crippen LogP contribution in [0.5, 0.6) is 0 Å². The third kappa shape index (κ3) is 21.5. The maximum atomic E-state index is 12.0. The molecule has 0 aliphatic heterocycles. The van der Waals surface area contributed by atoms with Gasteiger partial charge in [-0.15, -0.1) is 0 Å². The molecule has 1 atom stereocenters. The van der Waals surface area contributed by atoms with Crippen molar-refractivity contribution in [3.63, 3.8) is 0 Å². The van der Waals surface area contributed by atoms with E-state index < -0.39 is 11.9 Å². The zero-order valence-electron chi connectivity index (χ0n) is 20.1. The zero-order valence-corrected chi connectivity index (χ0v) is 20.1. The average molecular weight is 439 g/mol. The van der Waals surface area contributed by atoms with Gasteiger partial charge < -0.3 is 14.7 Å². The molecule has 5 heteroatoms. The number of carboxylic acids is 1. The van der Waals surface area contributed by atoms with E-state index in [-0.39, 0.29) is 30.8 Å². The van der Waals surface area contributed by atoms with E-state index >= 15 is 0 Å². The standard InChI is InChI=1S/C26H46O5/c1-22(27)17-15-13-11-9-7-5-3-4-6-8-10-12-14-16-18-25(29)21-24(26(30)31)20-19-23(2)28/h24H,3-21H2,1-2H3,(H,30,31)/t24-/m1/s1. The third-order valence-electron chi connectivity index (χ3n) is 5.90. The van der Waals surface area contributed by atoms with Crippen LogP contribution >= 0.6 is 0 Å². The van der Waals surface area contributed by atoms with Crippen LogP contribution in [0.3, 0.4) is 0 Å². The number of aliphatic carboxylic acids is 1. The Kier molecular flexibility index (Phi) is 19.4. The van der Waals surface area contributed by atoms with Crippen molar-refractivity contribution in [1.29, 1.82) is 0 Å². The molecule has 0 fully saturated rings. The number of rotatable bonds is 23. The number of Topliss-reactive ketones (excluding diaryl/α,β-unsaturated/α-hetero) is 3. The summed E-state index contributed by atoms with van der Waals surface area (Å²) in [5.74, 6) is -1.41. The van der Waals surface area contributed by atoms with Gasteiger partial charge in [0.15, 0.2) is 0 Å². The lowest BCUT2D eigenvalue weighted by atomic mass is 9.94. The van der Waals surface area contributed by atoms with Gasteiger partial charge in [0.2, 0.25) is 0 Å². The second-order valence-electron chi connectivity index (χ2n) is 9.17. The van der Waals surface area contributed by atoms with E-state index in [1.165, 1.54) is 71.1 Å². The molecule has 0 bridgehead atoms. The minimum atomic E-state index is -0.973. The van der Waals surface area contributed by atoms with Gasteiger partial charge in [-0.25, -0.2) is 0 Å². The van der Waals surface area contributed by atoms with Crippen molar-refractivity contribution in [2.24, 2.45) is 5.92 Å². The number of carbonyl (C=O) groups is 4. The van der Waals surface area contributed by atoms with E-state index in [9.17, 15) is 24.3 Å². The Morgan fingerprint density at radius 1 is 0.548 bits per heavy atom. The summed E-state index contributed by atoms with van der Waals surface area (Å²) in [4.78, 5) is 45.1. The first kappa shape index (κ1) is 29.5. The van der Waals surface area contributed by atoms with Crippen LogP contribution in [0.15, 0.2) is 0 Å². The van der Waals surface area contributed by atoms with Gasteiger partial charge in [-0.05, 0) is 33.1 Å². The minimum absolute atomic E-state index is 0.00908. The van der Waals surface area contributed by atoms with Gasteiger partial charge in [-0.2, -0.15) is 0 Å². The molecule has 0 saturated heterocycles. The second kappa shape index (κ2) is 20.4. The molecule has 0 radical (unpaired) electrons. The molecule has 0 spiro atoms. The Morgan fingerprint density at radius 3 is 1.26 bits per heavy atom. The molecule has 180 valence electrons. The average Bonchev–Trinajstić information content (AvgIpc) is 2.70.